The smallest absolute Gasteiger partial charge is 0.319 e. The highest BCUT2D eigenvalue weighted by molar-refractivity contribution is 5.89. The molecule has 5 aromatic rings. The molecule has 1 aliphatic carbocycles. The number of rotatable bonds is 11. The molecule has 4 heterocycles. The number of benzene rings is 2. The van der Waals surface area contributed by atoms with Gasteiger partial charge in [0, 0.05) is 37.8 Å². The van der Waals surface area contributed by atoms with Crippen molar-refractivity contribution in [3.8, 4) is 0 Å². The number of aliphatic hydroxyl groups excluding tert-OH is 2. The molecular formula is C38H44N10O5. The summed E-state index contributed by atoms with van der Waals surface area (Å²) in [5.74, 6) is 0.234. The average Bonchev–Trinajstić information content (AvgIpc) is 3.87. The number of anilines is 3. The van der Waals surface area contributed by atoms with Gasteiger partial charge < -0.3 is 46.1 Å². The molecule has 3 amide bonds. The van der Waals surface area contributed by atoms with Crippen LogP contribution in [0.5, 0.6) is 0 Å². The number of carbonyl (C=O) groups is 2. The van der Waals surface area contributed by atoms with Crippen LogP contribution in [0, 0.1) is 0 Å². The van der Waals surface area contributed by atoms with E-state index in [1.54, 1.807) is 35.4 Å². The molecule has 7 N–H and O–H groups in total. The van der Waals surface area contributed by atoms with Crippen LogP contribution in [-0.2, 0) is 4.79 Å². The van der Waals surface area contributed by atoms with E-state index in [2.05, 4.69) is 50.5 Å². The maximum atomic E-state index is 12.8. The van der Waals surface area contributed by atoms with Gasteiger partial charge in [0.1, 0.15) is 17.8 Å². The molecule has 1 unspecified atom stereocenters. The van der Waals surface area contributed by atoms with Gasteiger partial charge in [-0.25, -0.2) is 9.78 Å². The molecule has 15 nitrogen and oxygen atoms in total. The zero-order valence-corrected chi connectivity index (χ0v) is 29.5. The Kier molecular flexibility index (Phi) is 10.2. The van der Waals surface area contributed by atoms with E-state index < -0.39 is 35.8 Å². The Hall–Kier alpha value is -5.64. The van der Waals surface area contributed by atoms with Crippen molar-refractivity contribution >= 4 is 40.6 Å². The molecule has 5 atom stereocenters. The molecule has 7 rings (SSSR count). The van der Waals surface area contributed by atoms with E-state index in [-0.39, 0.29) is 24.4 Å². The minimum absolute atomic E-state index is 0.0152. The third-order valence-electron chi connectivity index (χ3n) is 9.89. The van der Waals surface area contributed by atoms with E-state index in [0.29, 0.717) is 54.7 Å². The van der Waals surface area contributed by atoms with Crippen LogP contribution in [0.2, 0.25) is 0 Å². The van der Waals surface area contributed by atoms with Crippen LogP contribution in [0.4, 0.5) is 22.2 Å². The Balaban J connectivity index is 1.19. The fourth-order valence-electron chi connectivity index (χ4n) is 7.03. The summed E-state index contributed by atoms with van der Waals surface area (Å²) in [7, 11) is 0. The minimum atomic E-state index is -1.66. The van der Waals surface area contributed by atoms with Gasteiger partial charge in [-0.05, 0) is 49.9 Å². The van der Waals surface area contributed by atoms with Gasteiger partial charge in [0.25, 0.3) is 5.91 Å². The van der Waals surface area contributed by atoms with Crippen LogP contribution in [0.1, 0.15) is 49.8 Å². The van der Waals surface area contributed by atoms with Gasteiger partial charge in [-0.3, -0.25) is 9.78 Å². The number of amides is 3. The number of hydrogen-bond donors (Lipinski definition) is 7. The van der Waals surface area contributed by atoms with Crippen LogP contribution in [-0.4, -0.2) is 101 Å². The number of pyridine rings is 1. The summed E-state index contributed by atoms with van der Waals surface area (Å²) in [5.41, 5.74) is 2.09. The van der Waals surface area contributed by atoms with Crippen LogP contribution in [0.3, 0.4) is 0 Å². The average molecular weight is 721 g/mol. The van der Waals surface area contributed by atoms with Gasteiger partial charge in [-0.2, -0.15) is 9.97 Å². The Bertz CT molecular complexity index is 1990. The summed E-state index contributed by atoms with van der Waals surface area (Å²) in [6, 6.07) is 21.9. The first-order valence-corrected chi connectivity index (χ1v) is 17.8. The lowest BCUT2D eigenvalue weighted by Crippen LogP contribution is -2.50. The van der Waals surface area contributed by atoms with E-state index in [9.17, 15) is 24.9 Å². The predicted octanol–water partition coefficient (Wildman–Crippen LogP) is 2.79. The standard InChI is InChI=1S/C38H44N10O5/c1-38(2,53)35(51)44-28-18-29(32(50)31(28)49)48-22-41-30-33(40-20-27(23-10-5-3-6-11-23)24-12-7-4-8-13-24)45-36(46-34(30)48)47-17-15-26(21-47)43-37(52)42-25-14-9-16-39-19-25/h3-14,16,19,22,26-29,31-32,49-50,53H,15,17-18,20-21H2,1-2H3,(H,44,51)(H,40,45,46)(H2,42,43,52)/t26?,28-,29+,31+,32-/m0/s1. The summed E-state index contributed by atoms with van der Waals surface area (Å²) in [5, 5.41) is 44.5. The third kappa shape index (κ3) is 7.91. The maximum Gasteiger partial charge on any atom is 0.319 e. The molecule has 1 saturated heterocycles. The number of imidazole rings is 1. The lowest BCUT2D eigenvalue weighted by Gasteiger charge is -2.22. The van der Waals surface area contributed by atoms with Gasteiger partial charge in [0.2, 0.25) is 5.95 Å². The van der Waals surface area contributed by atoms with Gasteiger partial charge in [-0.1, -0.05) is 60.7 Å². The Morgan fingerprint density at radius 2 is 1.66 bits per heavy atom. The Morgan fingerprint density at radius 3 is 2.32 bits per heavy atom. The van der Waals surface area contributed by atoms with Crippen molar-refractivity contribution in [1.29, 1.82) is 0 Å². The van der Waals surface area contributed by atoms with Crippen molar-refractivity contribution < 1.29 is 24.9 Å². The van der Waals surface area contributed by atoms with Crippen molar-refractivity contribution in [3.63, 3.8) is 0 Å². The highest BCUT2D eigenvalue weighted by Gasteiger charge is 2.45. The van der Waals surface area contributed by atoms with E-state index in [1.807, 2.05) is 41.3 Å². The molecule has 0 radical (unpaired) electrons. The summed E-state index contributed by atoms with van der Waals surface area (Å²) in [6.07, 6.45) is 3.06. The van der Waals surface area contributed by atoms with E-state index in [1.165, 1.54) is 13.8 Å². The van der Waals surface area contributed by atoms with E-state index in [4.69, 9.17) is 15.0 Å². The van der Waals surface area contributed by atoms with Crippen molar-refractivity contribution in [2.24, 2.45) is 0 Å². The molecule has 276 valence electrons. The second-order valence-electron chi connectivity index (χ2n) is 14.1. The second-order valence-corrected chi connectivity index (χ2v) is 14.1. The number of aliphatic hydroxyl groups is 3. The van der Waals surface area contributed by atoms with Gasteiger partial charge in [0.15, 0.2) is 17.0 Å². The van der Waals surface area contributed by atoms with Gasteiger partial charge in [-0.15, -0.1) is 0 Å². The van der Waals surface area contributed by atoms with Crippen LogP contribution in [0.25, 0.3) is 11.2 Å². The first-order valence-electron chi connectivity index (χ1n) is 17.8. The van der Waals surface area contributed by atoms with Crippen LogP contribution in [0.15, 0.2) is 91.5 Å². The maximum absolute atomic E-state index is 12.8. The van der Waals surface area contributed by atoms with Crippen LogP contribution >= 0.6 is 0 Å². The SMILES string of the molecule is CC(C)(O)C(=O)N[C@H]1C[C@@H](n2cnc3c(NCC(c4ccccc4)c4ccccc4)nc(N4CCC(NC(=O)Nc5cccnc5)C4)nc32)[C@H](O)[C@@H]1O. The highest BCUT2D eigenvalue weighted by atomic mass is 16.3. The number of nitrogens with zero attached hydrogens (tertiary/aromatic N) is 6. The molecule has 3 aromatic heterocycles. The molecule has 0 bridgehead atoms. The van der Waals surface area contributed by atoms with Crippen molar-refractivity contribution in [2.45, 2.75) is 68.5 Å². The largest absolute Gasteiger partial charge is 0.388 e. The first kappa shape index (κ1) is 35.7. The summed E-state index contributed by atoms with van der Waals surface area (Å²) >= 11 is 0. The number of aromatic nitrogens is 5. The molecule has 1 saturated carbocycles. The fourth-order valence-corrected chi connectivity index (χ4v) is 7.03. The molecule has 15 heteroatoms. The molecule has 2 aromatic carbocycles. The summed E-state index contributed by atoms with van der Waals surface area (Å²) in [4.78, 5) is 46.0. The lowest BCUT2D eigenvalue weighted by molar-refractivity contribution is -0.138. The van der Waals surface area contributed by atoms with Crippen molar-refractivity contribution in [2.75, 3.05) is 35.2 Å². The van der Waals surface area contributed by atoms with Gasteiger partial charge >= 0.3 is 6.03 Å². The monoisotopic (exact) mass is 720 g/mol. The zero-order chi connectivity index (χ0) is 37.1. The number of hydrogen-bond acceptors (Lipinski definition) is 11. The molecule has 1 aliphatic heterocycles. The molecule has 53 heavy (non-hydrogen) atoms. The number of carbonyl (C=O) groups excluding carboxylic acids is 2. The third-order valence-corrected chi connectivity index (χ3v) is 9.89. The summed E-state index contributed by atoms with van der Waals surface area (Å²) in [6.45, 7) is 4.23. The number of nitrogens with one attached hydrogen (secondary N) is 4. The van der Waals surface area contributed by atoms with Gasteiger partial charge in [0.05, 0.1) is 30.3 Å². The molecular weight excluding hydrogens is 676 g/mol. The normalized spacial score (nSPS) is 21.5. The van der Waals surface area contributed by atoms with Crippen LogP contribution < -0.4 is 26.2 Å². The fraction of sp³-hybridized carbons (Fsp3) is 0.368. The highest BCUT2D eigenvalue weighted by Crippen LogP contribution is 2.36. The Morgan fingerprint density at radius 1 is 0.943 bits per heavy atom. The predicted molar refractivity (Wildman–Crippen MR) is 199 cm³/mol. The second kappa shape index (κ2) is 15.1. The molecule has 0 spiro atoms. The topological polar surface area (TPSA) is 203 Å². The first-order chi connectivity index (χ1) is 25.5. The molecule has 2 fully saturated rings. The minimum Gasteiger partial charge on any atom is -0.388 e. The summed E-state index contributed by atoms with van der Waals surface area (Å²) < 4.78 is 1.72. The quantitative estimate of drug-likeness (QED) is 0.106. The molecule has 2 aliphatic rings. The Labute approximate surface area is 306 Å². The zero-order valence-electron chi connectivity index (χ0n) is 29.5. The van der Waals surface area contributed by atoms with Crippen molar-refractivity contribution in [3.05, 3.63) is 103 Å². The number of fused-ring (bicyclic) bond motifs is 1. The van der Waals surface area contributed by atoms with E-state index in [0.717, 1.165) is 11.1 Å². The number of urea groups is 1. The van der Waals surface area contributed by atoms with E-state index >= 15 is 0 Å². The van der Waals surface area contributed by atoms with Crippen molar-refractivity contribution in [1.82, 2.24) is 35.1 Å². The lowest BCUT2D eigenvalue weighted by atomic mass is 9.91.